The minimum absolute atomic E-state index is 0.349. The Labute approximate surface area is 192 Å². The van der Waals surface area contributed by atoms with E-state index in [0.717, 1.165) is 22.3 Å². The van der Waals surface area contributed by atoms with Crippen molar-refractivity contribution in [3.63, 3.8) is 0 Å². The normalized spacial score (nSPS) is 15.2. The first-order chi connectivity index (χ1) is 14.1. The van der Waals surface area contributed by atoms with Crippen molar-refractivity contribution in [1.82, 2.24) is 5.32 Å². The Bertz CT molecular complexity index is 808. The average molecular weight is 501 g/mol. The van der Waals surface area contributed by atoms with Gasteiger partial charge in [-0.1, -0.05) is 70.9 Å². The van der Waals surface area contributed by atoms with E-state index in [1.54, 1.807) is 6.07 Å². The standard InChI is InChI=1S/C23H28BrCl2NO2/c1-2-28-22-11-17(14-27-19-7-5-3-4-6-8-19)20(24)13-23(22)29-15-16-9-10-18(25)12-21(16)26/h9-13,19,27H,2-8,14-15H2,1H3. The minimum Gasteiger partial charge on any atom is -0.490 e. The highest BCUT2D eigenvalue weighted by atomic mass is 79.9. The predicted octanol–water partition coefficient (Wildman–Crippen LogP) is 7.55. The molecule has 0 spiro atoms. The van der Waals surface area contributed by atoms with E-state index in [-0.39, 0.29) is 0 Å². The van der Waals surface area contributed by atoms with Gasteiger partial charge in [0.25, 0.3) is 0 Å². The molecule has 0 atom stereocenters. The zero-order chi connectivity index (χ0) is 20.6. The van der Waals surface area contributed by atoms with Gasteiger partial charge in [0, 0.05) is 32.7 Å². The van der Waals surface area contributed by atoms with Crippen LogP contribution >= 0.6 is 39.1 Å². The van der Waals surface area contributed by atoms with E-state index in [1.807, 2.05) is 25.1 Å². The molecule has 0 radical (unpaired) electrons. The topological polar surface area (TPSA) is 30.5 Å². The lowest BCUT2D eigenvalue weighted by Crippen LogP contribution is -2.28. The number of hydrogen-bond donors (Lipinski definition) is 1. The van der Waals surface area contributed by atoms with Crippen molar-refractivity contribution >= 4 is 39.1 Å². The van der Waals surface area contributed by atoms with Crippen molar-refractivity contribution in [2.75, 3.05) is 6.61 Å². The van der Waals surface area contributed by atoms with Crippen LogP contribution in [0.25, 0.3) is 0 Å². The largest absolute Gasteiger partial charge is 0.490 e. The second-order valence-corrected chi connectivity index (χ2v) is 9.12. The first kappa shape index (κ1) is 22.7. The van der Waals surface area contributed by atoms with Crippen LogP contribution in [0.2, 0.25) is 10.0 Å². The summed E-state index contributed by atoms with van der Waals surface area (Å²) in [5, 5.41) is 4.93. The molecule has 3 rings (SSSR count). The van der Waals surface area contributed by atoms with Crippen LogP contribution in [-0.4, -0.2) is 12.6 Å². The van der Waals surface area contributed by atoms with Crippen LogP contribution in [0.3, 0.4) is 0 Å². The molecule has 0 saturated heterocycles. The summed E-state index contributed by atoms with van der Waals surface area (Å²) in [5.41, 5.74) is 2.06. The smallest absolute Gasteiger partial charge is 0.162 e. The summed E-state index contributed by atoms with van der Waals surface area (Å²) in [4.78, 5) is 0. The molecule has 0 amide bonds. The van der Waals surface area contributed by atoms with Crippen LogP contribution < -0.4 is 14.8 Å². The van der Waals surface area contributed by atoms with Crippen LogP contribution in [0.1, 0.15) is 56.6 Å². The van der Waals surface area contributed by atoms with E-state index in [0.29, 0.717) is 35.1 Å². The van der Waals surface area contributed by atoms with Crippen LogP contribution in [-0.2, 0) is 13.2 Å². The third-order valence-electron chi connectivity index (χ3n) is 5.25. The highest BCUT2D eigenvalue weighted by Crippen LogP contribution is 2.35. The average Bonchev–Trinajstić information content (AvgIpc) is 2.97. The van der Waals surface area contributed by atoms with Crippen molar-refractivity contribution in [2.45, 2.75) is 64.6 Å². The molecule has 1 aliphatic carbocycles. The molecule has 1 fully saturated rings. The van der Waals surface area contributed by atoms with Crippen molar-refractivity contribution in [3.05, 3.63) is 56.0 Å². The Hall–Kier alpha value is -0.940. The maximum atomic E-state index is 6.27. The quantitative estimate of drug-likeness (QED) is 0.379. The second-order valence-electron chi connectivity index (χ2n) is 7.42. The van der Waals surface area contributed by atoms with E-state index in [1.165, 1.54) is 44.1 Å². The summed E-state index contributed by atoms with van der Waals surface area (Å²) in [6.45, 7) is 3.72. The molecule has 1 saturated carbocycles. The number of hydrogen-bond acceptors (Lipinski definition) is 3. The minimum atomic E-state index is 0.349. The molecule has 3 nitrogen and oxygen atoms in total. The SMILES string of the molecule is CCOc1cc(CNC2CCCCCC2)c(Br)cc1OCc1ccc(Cl)cc1Cl. The molecule has 2 aromatic carbocycles. The summed E-state index contributed by atoms with van der Waals surface area (Å²) in [7, 11) is 0. The van der Waals surface area contributed by atoms with Gasteiger partial charge in [0.2, 0.25) is 0 Å². The zero-order valence-corrected chi connectivity index (χ0v) is 19.9. The van der Waals surface area contributed by atoms with Gasteiger partial charge in [-0.05, 0) is 49.6 Å². The number of nitrogens with one attached hydrogen (secondary N) is 1. The predicted molar refractivity (Wildman–Crippen MR) is 124 cm³/mol. The van der Waals surface area contributed by atoms with E-state index in [2.05, 4.69) is 27.3 Å². The molecule has 0 heterocycles. The van der Waals surface area contributed by atoms with Gasteiger partial charge in [-0.25, -0.2) is 0 Å². The molecule has 0 aromatic heterocycles. The third kappa shape index (κ3) is 6.78. The summed E-state index contributed by atoms with van der Waals surface area (Å²) in [6.07, 6.45) is 7.89. The fraction of sp³-hybridized carbons (Fsp3) is 0.478. The number of rotatable bonds is 8. The summed E-state index contributed by atoms with van der Waals surface area (Å²) in [5.74, 6) is 1.45. The fourth-order valence-corrected chi connectivity index (χ4v) is 4.55. The lowest BCUT2D eigenvalue weighted by molar-refractivity contribution is 0.269. The summed E-state index contributed by atoms with van der Waals surface area (Å²) >= 11 is 15.9. The van der Waals surface area contributed by atoms with Gasteiger partial charge in [-0.15, -0.1) is 0 Å². The van der Waals surface area contributed by atoms with Crippen LogP contribution in [0.5, 0.6) is 11.5 Å². The Morgan fingerprint density at radius 3 is 2.38 bits per heavy atom. The van der Waals surface area contributed by atoms with E-state index >= 15 is 0 Å². The van der Waals surface area contributed by atoms with Crippen molar-refractivity contribution < 1.29 is 9.47 Å². The molecular formula is C23H28BrCl2NO2. The first-order valence-corrected chi connectivity index (χ1v) is 11.9. The Kier molecular flexibility index (Phi) is 8.98. The van der Waals surface area contributed by atoms with Gasteiger partial charge >= 0.3 is 0 Å². The maximum absolute atomic E-state index is 6.27. The summed E-state index contributed by atoms with van der Waals surface area (Å²) < 4.78 is 12.9. The highest BCUT2D eigenvalue weighted by Gasteiger charge is 2.15. The van der Waals surface area contributed by atoms with Gasteiger partial charge in [-0.2, -0.15) is 0 Å². The molecule has 0 bridgehead atoms. The van der Waals surface area contributed by atoms with E-state index < -0.39 is 0 Å². The first-order valence-electron chi connectivity index (χ1n) is 10.3. The van der Waals surface area contributed by atoms with Gasteiger partial charge in [0.05, 0.1) is 6.61 Å². The van der Waals surface area contributed by atoms with Gasteiger partial charge in [0.15, 0.2) is 11.5 Å². The molecule has 0 aliphatic heterocycles. The van der Waals surface area contributed by atoms with Gasteiger partial charge in [0.1, 0.15) is 6.61 Å². The number of benzene rings is 2. The molecule has 29 heavy (non-hydrogen) atoms. The molecule has 1 aliphatic rings. The molecule has 2 aromatic rings. The van der Waals surface area contributed by atoms with Crippen molar-refractivity contribution in [1.29, 1.82) is 0 Å². The highest BCUT2D eigenvalue weighted by molar-refractivity contribution is 9.10. The Morgan fingerprint density at radius 1 is 0.966 bits per heavy atom. The van der Waals surface area contributed by atoms with Crippen LogP contribution in [0, 0.1) is 0 Å². The molecule has 0 unspecified atom stereocenters. The zero-order valence-electron chi connectivity index (χ0n) is 16.8. The van der Waals surface area contributed by atoms with Crippen molar-refractivity contribution in [3.8, 4) is 11.5 Å². The monoisotopic (exact) mass is 499 g/mol. The Balaban J connectivity index is 1.69. The van der Waals surface area contributed by atoms with E-state index in [4.69, 9.17) is 32.7 Å². The molecule has 1 N–H and O–H groups in total. The lowest BCUT2D eigenvalue weighted by Gasteiger charge is -2.19. The van der Waals surface area contributed by atoms with Crippen LogP contribution in [0.4, 0.5) is 0 Å². The summed E-state index contributed by atoms with van der Waals surface area (Å²) in [6, 6.07) is 10.1. The lowest BCUT2D eigenvalue weighted by atomic mass is 10.1. The molecule has 6 heteroatoms. The number of halogens is 3. The maximum Gasteiger partial charge on any atom is 0.162 e. The van der Waals surface area contributed by atoms with Gasteiger partial charge < -0.3 is 14.8 Å². The second kappa shape index (κ2) is 11.5. The van der Waals surface area contributed by atoms with Crippen molar-refractivity contribution in [2.24, 2.45) is 0 Å². The molecular weight excluding hydrogens is 473 g/mol. The number of ether oxygens (including phenoxy) is 2. The van der Waals surface area contributed by atoms with Gasteiger partial charge in [-0.3, -0.25) is 0 Å². The van der Waals surface area contributed by atoms with E-state index in [9.17, 15) is 0 Å². The molecule has 158 valence electrons. The third-order valence-corrected chi connectivity index (χ3v) is 6.57. The Morgan fingerprint density at radius 2 is 1.69 bits per heavy atom. The van der Waals surface area contributed by atoms with Crippen LogP contribution in [0.15, 0.2) is 34.8 Å². The fourth-order valence-electron chi connectivity index (χ4n) is 3.63.